The van der Waals surface area contributed by atoms with Crippen LogP contribution in [0.1, 0.15) is 27.0 Å². The van der Waals surface area contributed by atoms with Gasteiger partial charge in [-0.25, -0.2) is 9.79 Å². The van der Waals surface area contributed by atoms with E-state index in [0.29, 0.717) is 28.5 Å². The summed E-state index contributed by atoms with van der Waals surface area (Å²) in [6, 6.07) is 35.0. The molecule has 2 heterocycles. The van der Waals surface area contributed by atoms with E-state index in [1.807, 2.05) is 110 Å². The fourth-order valence-corrected chi connectivity index (χ4v) is 5.69. The lowest BCUT2D eigenvalue weighted by Gasteiger charge is -2.11. The van der Waals surface area contributed by atoms with Crippen LogP contribution in [0.5, 0.6) is 0 Å². The Bertz CT molecular complexity index is 1880. The number of amidine groups is 1. The Balaban J connectivity index is 1.48. The number of aryl methyl sites for hydroxylation is 1. The van der Waals surface area contributed by atoms with Crippen molar-refractivity contribution in [3.05, 3.63) is 131 Å². The summed E-state index contributed by atoms with van der Waals surface area (Å²) in [4.78, 5) is 17.1. The number of pyridine rings is 1. The Labute approximate surface area is 247 Å². The highest BCUT2D eigenvalue weighted by Gasteiger charge is 2.26. The topological polar surface area (TPSA) is 104 Å². The number of benzene rings is 4. The lowest BCUT2D eigenvalue weighted by molar-refractivity contribution is -0.644. The number of aromatic carboxylic acids is 1. The quantitative estimate of drug-likeness (QED) is 0.103. The highest BCUT2D eigenvalue weighted by molar-refractivity contribution is 8.15. The molecule has 0 bridgehead atoms. The van der Waals surface area contributed by atoms with E-state index in [0.717, 1.165) is 44.9 Å². The van der Waals surface area contributed by atoms with E-state index in [2.05, 4.69) is 9.67 Å². The van der Waals surface area contributed by atoms with Gasteiger partial charge in [-0.05, 0) is 42.8 Å². The minimum atomic E-state index is -0.969. The third kappa shape index (κ3) is 5.70. The van der Waals surface area contributed by atoms with Crippen molar-refractivity contribution in [3.8, 4) is 11.3 Å². The predicted molar refractivity (Wildman–Crippen MR) is 172 cm³/mol. The van der Waals surface area contributed by atoms with E-state index in [1.165, 1.54) is 11.8 Å². The number of nitrogens with zero attached hydrogens (tertiary/aromatic N) is 4. The molecule has 0 amide bonds. The maximum atomic E-state index is 12.3. The van der Waals surface area contributed by atoms with Gasteiger partial charge in [0, 0.05) is 34.7 Å². The van der Waals surface area contributed by atoms with Crippen molar-refractivity contribution in [1.82, 2.24) is 0 Å². The number of nitrogen functional groups attached to an aromatic ring is 1. The Morgan fingerprint density at radius 3 is 2.36 bits per heavy atom. The van der Waals surface area contributed by atoms with Crippen LogP contribution in [0.3, 0.4) is 0 Å². The Kier molecular flexibility index (Phi) is 7.62. The fourth-order valence-electron chi connectivity index (χ4n) is 4.92. The first-order valence-corrected chi connectivity index (χ1v) is 14.5. The van der Waals surface area contributed by atoms with Crippen LogP contribution in [0.4, 0.5) is 5.69 Å². The molecule has 0 radical (unpaired) electrons. The number of hydrogen-bond acceptors (Lipinski definition) is 5. The molecule has 42 heavy (non-hydrogen) atoms. The summed E-state index contributed by atoms with van der Waals surface area (Å²) in [7, 11) is 0. The second-order valence-electron chi connectivity index (χ2n) is 9.98. The van der Waals surface area contributed by atoms with Crippen molar-refractivity contribution in [3.63, 3.8) is 0 Å². The normalized spacial score (nSPS) is 14.4. The van der Waals surface area contributed by atoms with Crippen molar-refractivity contribution in [2.45, 2.75) is 13.5 Å². The lowest BCUT2D eigenvalue weighted by Crippen LogP contribution is -2.42. The highest BCUT2D eigenvalue weighted by Crippen LogP contribution is 2.25. The molecule has 0 unspecified atom stereocenters. The zero-order valence-electron chi connectivity index (χ0n) is 22.9. The van der Waals surface area contributed by atoms with Gasteiger partial charge < -0.3 is 10.8 Å². The Hall–Kier alpha value is -5.08. The van der Waals surface area contributed by atoms with E-state index < -0.39 is 5.97 Å². The third-order valence-electron chi connectivity index (χ3n) is 7.12. The molecule has 3 N–H and O–H groups in total. The smallest absolute Gasteiger partial charge is 0.336 e. The van der Waals surface area contributed by atoms with Gasteiger partial charge >= 0.3 is 5.97 Å². The number of aliphatic imine (C=N–C) groups is 1. The summed E-state index contributed by atoms with van der Waals surface area (Å²) < 4.78 is 2.11. The molecule has 0 aliphatic carbocycles. The van der Waals surface area contributed by atoms with Gasteiger partial charge in [-0.1, -0.05) is 84.1 Å². The third-order valence-corrected chi connectivity index (χ3v) is 7.97. The molecule has 6 rings (SSSR count). The van der Waals surface area contributed by atoms with Gasteiger partial charge in [-0.2, -0.15) is 4.57 Å². The largest absolute Gasteiger partial charge is 0.478 e. The van der Waals surface area contributed by atoms with Crippen molar-refractivity contribution >= 4 is 50.9 Å². The lowest BCUT2D eigenvalue weighted by atomic mass is 10.0. The van der Waals surface area contributed by atoms with Gasteiger partial charge in [0.15, 0.2) is 6.54 Å². The van der Waals surface area contributed by atoms with E-state index in [9.17, 15) is 9.90 Å². The van der Waals surface area contributed by atoms with Gasteiger partial charge in [-0.3, -0.25) is 0 Å². The van der Waals surface area contributed by atoms with E-state index >= 15 is 0 Å². The summed E-state index contributed by atoms with van der Waals surface area (Å²) in [6.07, 6.45) is 0. The highest BCUT2D eigenvalue weighted by atomic mass is 32.2. The number of rotatable bonds is 7. The van der Waals surface area contributed by atoms with Gasteiger partial charge in [0.25, 0.3) is 0 Å². The van der Waals surface area contributed by atoms with Gasteiger partial charge in [0.05, 0.1) is 16.7 Å². The van der Waals surface area contributed by atoms with Crippen molar-refractivity contribution in [2.75, 3.05) is 11.5 Å². The molecule has 1 aromatic heterocycles. The zero-order valence-corrected chi connectivity index (χ0v) is 23.8. The molecule has 1 aliphatic rings. The standard InChI is InChI=1S/C34H27N5O2S/c1-22-11-13-25(14-12-22)32-19-28(33(40)41)27-9-5-6-10-31(27)39(32)20-29(23-7-3-2-4-8-23)37-38-34-36-30(21-42-34)24-15-17-26(35)18-16-24/h2-19H,20-21H2,1H3,(H2-,35,36,38,40,41)/p+1/b37-29-. The molecule has 0 atom stereocenters. The van der Waals surface area contributed by atoms with Crippen molar-refractivity contribution < 1.29 is 14.5 Å². The number of nitrogens with two attached hydrogens (primary N) is 1. The number of carboxylic acids is 1. The average molecular weight is 571 g/mol. The number of aromatic nitrogens is 1. The molecule has 0 spiro atoms. The molecule has 206 valence electrons. The minimum Gasteiger partial charge on any atom is -0.478 e. The number of hydrogen-bond donors (Lipinski definition) is 2. The monoisotopic (exact) mass is 570 g/mol. The summed E-state index contributed by atoms with van der Waals surface area (Å²) in [6.45, 7) is 2.39. The fraction of sp³-hybridized carbons (Fsp3) is 0.0882. The second-order valence-corrected chi connectivity index (χ2v) is 10.9. The van der Waals surface area contributed by atoms with Gasteiger partial charge in [-0.15, -0.1) is 10.2 Å². The van der Waals surface area contributed by atoms with Crippen LogP contribution in [0.25, 0.3) is 22.2 Å². The maximum absolute atomic E-state index is 12.3. The molecule has 0 fully saturated rings. The number of carbonyl (C=O) groups is 1. The zero-order chi connectivity index (χ0) is 29.1. The number of para-hydroxylation sites is 1. The van der Waals surface area contributed by atoms with Crippen LogP contribution in [-0.4, -0.2) is 33.4 Å². The summed E-state index contributed by atoms with van der Waals surface area (Å²) in [5.74, 6) is -0.268. The second kappa shape index (κ2) is 11.8. The molecule has 5 aromatic rings. The summed E-state index contributed by atoms with van der Waals surface area (Å²) >= 11 is 1.54. The number of fused-ring (bicyclic) bond motifs is 1. The van der Waals surface area contributed by atoms with Crippen LogP contribution < -0.4 is 10.3 Å². The van der Waals surface area contributed by atoms with Gasteiger partial charge in [0.2, 0.25) is 16.4 Å². The van der Waals surface area contributed by atoms with Crippen LogP contribution in [0.2, 0.25) is 0 Å². The Morgan fingerprint density at radius 2 is 1.62 bits per heavy atom. The molecular weight excluding hydrogens is 542 g/mol. The van der Waals surface area contributed by atoms with E-state index in [1.54, 1.807) is 6.07 Å². The molecule has 1 aliphatic heterocycles. The maximum Gasteiger partial charge on any atom is 0.336 e. The van der Waals surface area contributed by atoms with Crippen LogP contribution in [-0.2, 0) is 6.54 Å². The first kappa shape index (κ1) is 27.1. The average Bonchev–Trinajstić information content (AvgIpc) is 3.49. The SMILES string of the molecule is Cc1ccc(-c2cc(C(=O)O)c3ccccc3[n+]2C/C(=N/N=C2/N=C(c3ccc(N)cc3)CS2)c2ccccc2)cc1. The Morgan fingerprint density at radius 1 is 0.929 bits per heavy atom. The van der Waals surface area contributed by atoms with E-state index in [-0.39, 0.29) is 5.56 Å². The number of anilines is 1. The summed E-state index contributed by atoms with van der Waals surface area (Å²) in [5, 5.41) is 20.7. The van der Waals surface area contributed by atoms with E-state index in [4.69, 9.17) is 15.8 Å². The number of thioether (sulfide) groups is 1. The van der Waals surface area contributed by atoms with Crippen molar-refractivity contribution in [1.29, 1.82) is 0 Å². The predicted octanol–water partition coefficient (Wildman–Crippen LogP) is 6.38. The molecule has 0 saturated carbocycles. The summed E-state index contributed by atoms with van der Waals surface area (Å²) in [5.41, 5.74) is 14.0. The number of carboxylic acid groups (broad SMARTS) is 1. The van der Waals surface area contributed by atoms with Crippen LogP contribution in [0.15, 0.2) is 124 Å². The minimum absolute atomic E-state index is 0.253. The van der Waals surface area contributed by atoms with Crippen LogP contribution >= 0.6 is 11.8 Å². The first-order chi connectivity index (χ1) is 20.5. The molecule has 4 aromatic carbocycles. The van der Waals surface area contributed by atoms with Gasteiger partial charge in [0.1, 0.15) is 5.71 Å². The molecule has 7 nitrogen and oxygen atoms in total. The first-order valence-electron chi connectivity index (χ1n) is 13.5. The van der Waals surface area contributed by atoms with Crippen LogP contribution in [0, 0.1) is 6.92 Å². The molecular formula is C34H28N5O2S+. The molecule has 8 heteroatoms. The van der Waals surface area contributed by atoms with Crippen molar-refractivity contribution in [2.24, 2.45) is 15.2 Å². The molecule has 0 saturated heterocycles.